The van der Waals surface area contributed by atoms with Crippen LogP contribution in [0.5, 0.6) is 0 Å². The van der Waals surface area contributed by atoms with Gasteiger partial charge >= 0.3 is 0 Å². The van der Waals surface area contributed by atoms with E-state index < -0.39 is 27.3 Å². The number of sulfonamides is 1. The number of hydrogen-bond acceptors (Lipinski definition) is 5. The highest BCUT2D eigenvalue weighted by Crippen LogP contribution is 2.31. The Hall–Kier alpha value is -3.63. The van der Waals surface area contributed by atoms with Crippen molar-refractivity contribution in [3.05, 3.63) is 89.0 Å². The molecule has 0 bridgehead atoms. The number of para-hydroxylation sites is 1. The Morgan fingerprint density at radius 1 is 1.05 bits per heavy atom. The molecule has 0 radical (unpaired) electrons. The number of piperidine rings is 1. The van der Waals surface area contributed by atoms with Gasteiger partial charge in [-0.1, -0.05) is 18.2 Å². The molecule has 0 aromatic heterocycles. The van der Waals surface area contributed by atoms with Crippen molar-refractivity contribution in [1.29, 1.82) is 0 Å². The lowest BCUT2D eigenvalue weighted by atomic mass is 9.85. The highest BCUT2D eigenvalue weighted by atomic mass is 32.2. The first kappa shape index (κ1) is 27.4. The molecular formula is C28H29F2N3O4S. The molecular weight excluding hydrogens is 512 g/mol. The molecule has 10 heteroatoms. The molecule has 38 heavy (non-hydrogen) atoms. The Morgan fingerprint density at radius 2 is 1.66 bits per heavy atom. The lowest BCUT2D eigenvalue weighted by molar-refractivity contribution is -0.0173. The zero-order valence-electron chi connectivity index (χ0n) is 21.1. The van der Waals surface area contributed by atoms with Gasteiger partial charge in [0, 0.05) is 42.5 Å². The number of likely N-dealkylation sites (tertiary alicyclic amines) is 1. The molecule has 2 N–H and O–H groups in total. The third-order valence-electron chi connectivity index (χ3n) is 6.68. The minimum Gasteiger partial charge on any atom is -0.389 e. The van der Waals surface area contributed by atoms with E-state index in [4.69, 9.17) is 0 Å². The van der Waals surface area contributed by atoms with E-state index in [0.717, 1.165) is 17.7 Å². The van der Waals surface area contributed by atoms with E-state index in [9.17, 15) is 27.1 Å². The third kappa shape index (κ3) is 5.92. The minimum atomic E-state index is -3.93. The first-order chi connectivity index (χ1) is 18.0. The van der Waals surface area contributed by atoms with Gasteiger partial charge in [0.1, 0.15) is 16.5 Å². The van der Waals surface area contributed by atoms with Crippen molar-refractivity contribution < 1.29 is 27.1 Å². The van der Waals surface area contributed by atoms with Gasteiger partial charge in [-0.25, -0.2) is 17.2 Å². The molecule has 1 aliphatic rings. The van der Waals surface area contributed by atoms with Crippen LogP contribution in [0.15, 0.2) is 70.6 Å². The largest absolute Gasteiger partial charge is 0.389 e. The second-order valence-electron chi connectivity index (χ2n) is 9.39. The van der Waals surface area contributed by atoms with Crippen molar-refractivity contribution in [2.75, 3.05) is 17.8 Å². The summed E-state index contributed by atoms with van der Waals surface area (Å²) >= 11 is 0. The average Bonchev–Trinajstić information content (AvgIpc) is 2.88. The number of amides is 1. The number of rotatable bonds is 7. The first-order valence-electron chi connectivity index (χ1n) is 12.2. The summed E-state index contributed by atoms with van der Waals surface area (Å²) in [6.45, 7) is 3.92. The number of halogens is 2. The summed E-state index contributed by atoms with van der Waals surface area (Å²) in [5, 5.41) is 10.9. The number of aliphatic hydroxyl groups is 1. The standard InChI is InChI=1S/C28H29F2N3O4S/c1-3-31-26-19(2)6-4-9-25(26)38(36,37)32-21-12-10-20(11-13-21)27(34)33-16-14-28(35,15-17-33)18-22-23(29)7-5-8-24(22)30/h3-13,32,35H,14-18H2,1-2H3. The second kappa shape index (κ2) is 11.0. The molecule has 1 amide bonds. The number of hydrogen-bond donors (Lipinski definition) is 2. The van der Waals surface area contributed by atoms with Gasteiger partial charge < -0.3 is 10.0 Å². The number of aryl methyl sites for hydroxylation is 1. The number of carbonyl (C=O) groups is 1. The van der Waals surface area contributed by atoms with Gasteiger partial charge in [-0.15, -0.1) is 0 Å². The van der Waals surface area contributed by atoms with E-state index in [1.807, 2.05) is 0 Å². The molecule has 1 heterocycles. The van der Waals surface area contributed by atoms with Crippen LogP contribution in [0.4, 0.5) is 20.2 Å². The van der Waals surface area contributed by atoms with Crippen LogP contribution < -0.4 is 4.72 Å². The summed E-state index contributed by atoms with van der Waals surface area (Å²) in [4.78, 5) is 18.8. The van der Waals surface area contributed by atoms with Gasteiger partial charge in [0.25, 0.3) is 15.9 Å². The molecule has 0 unspecified atom stereocenters. The minimum absolute atomic E-state index is 0.0480. The zero-order valence-corrected chi connectivity index (χ0v) is 21.9. The van der Waals surface area contributed by atoms with Gasteiger partial charge in [-0.05, 0) is 74.7 Å². The first-order valence-corrected chi connectivity index (χ1v) is 13.7. The fraction of sp³-hybridized carbons (Fsp3) is 0.286. The van der Waals surface area contributed by atoms with Crippen molar-refractivity contribution in [3.63, 3.8) is 0 Å². The monoisotopic (exact) mass is 541 g/mol. The Balaban J connectivity index is 1.41. The Morgan fingerprint density at radius 3 is 2.26 bits per heavy atom. The average molecular weight is 542 g/mol. The molecule has 1 fully saturated rings. The molecule has 7 nitrogen and oxygen atoms in total. The molecule has 0 spiro atoms. The van der Waals surface area contributed by atoms with Crippen LogP contribution in [0, 0.1) is 18.6 Å². The van der Waals surface area contributed by atoms with Crippen molar-refractivity contribution in [2.24, 2.45) is 4.99 Å². The van der Waals surface area contributed by atoms with E-state index in [0.29, 0.717) is 11.3 Å². The maximum absolute atomic E-state index is 14.0. The van der Waals surface area contributed by atoms with E-state index in [2.05, 4.69) is 9.71 Å². The van der Waals surface area contributed by atoms with Crippen molar-refractivity contribution in [2.45, 2.75) is 43.6 Å². The van der Waals surface area contributed by atoms with E-state index in [1.54, 1.807) is 30.9 Å². The molecule has 200 valence electrons. The number of anilines is 1. The predicted octanol–water partition coefficient (Wildman–Crippen LogP) is 5.01. The number of benzene rings is 3. The SMILES string of the molecule is CC=Nc1c(C)cccc1S(=O)(=O)Nc1ccc(C(=O)N2CCC(O)(Cc3c(F)cccc3F)CC2)cc1. The summed E-state index contributed by atoms with van der Waals surface area (Å²) in [5.74, 6) is -1.69. The van der Waals surface area contributed by atoms with Crippen LogP contribution in [0.25, 0.3) is 0 Å². The quantitative estimate of drug-likeness (QED) is 0.411. The van der Waals surface area contributed by atoms with Gasteiger partial charge in [0.2, 0.25) is 0 Å². The normalized spacial score (nSPS) is 15.6. The van der Waals surface area contributed by atoms with Crippen molar-refractivity contribution in [3.8, 4) is 0 Å². The second-order valence-corrected chi connectivity index (χ2v) is 11.0. The van der Waals surface area contributed by atoms with Gasteiger partial charge in [-0.2, -0.15) is 0 Å². The molecule has 0 atom stereocenters. The van der Waals surface area contributed by atoms with Crippen molar-refractivity contribution >= 4 is 33.5 Å². The predicted molar refractivity (Wildman–Crippen MR) is 142 cm³/mol. The van der Waals surface area contributed by atoms with Crippen LogP contribution in [0.2, 0.25) is 0 Å². The molecule has 1 saturated heterocycles. The van der Waals surface area contributed by atoms with Gasteiger partial charge in [0.05, 0.1) is 11.3 Å². The van der Waals surface area contributed by atoms with Crippen LogP contribution in [-0.4, -0.2) is 49.2 Å². The van der Waals surface area contributed by atoms with E-state index in [-0.39, 0.29) is 54.4 Å². The van der Waals surface area contributed by atoms with Crippen LogP contribution >= 0.6 is 0 Å². The third-order valence-corrected chi connectivity index (χ3v) is 8.09. The summed E-state index contributed by atoms with van der Waals surface area (Å²) in [6.07, 6.45) is 1.70. The number of nitrogens with zero attached hydrogens (tertiary/aromatic N) is 2. The van der Waals surface area contributed by atoms with Crippen LogP contribution in [0.3, 0.4) is 0 Å². The van der Waals surface area contributed by atoms with E-state index in [1.165, 1.54) is 42.6 Å². The molecule has 0 aliphatic carbocycles. The Kier molecular flexibility index (Phi) is 7.94. The Labute approximate surface area is 220 Å². The van der Waals surface area contributed by atoms with Crippen molar-refractivity contribution in [1.82, 2.24) is 4.90 Å². The molecule has 3 aromatic carbocycles. The highest BCUT2D eigenvalue weighted by molar-refractivity contribution is 7.92. The highest BCUT2D eigenvalue weighted by Gasteiger charge is 2.35. The lowest BCUT2D eigenvalue weighted by Gasteiger charge is -2.38. The number of carbonyl (C=O) groups excluding carboxylic acids is 1. The maximum Gasteiger partial charge on any atom is 0.264 e. The summed E-state index contributed by atoms with van der Waals surface area (Å²) in [6, 6.07) is 14.5. The fourth-order valence-electron chi connectivity index (χ4n) is 4.55. The molecule has 1 aliphatic heterocycles. The number of aliphatic imine (C=N–C) groups is 1. The number of nitrogens with one attached hydrogen (secondary N) is 1. The summed E-state index contributed by atoms with van der Waals surface area (Å²) in [5.41, 5.74) is 0.238. The van der Waals surface area contributed by atoms with Gasteiger partial charge in [-0.3, -0.25) is 14.5 Å². The molecule has 4 rings (SSSR count). The lowest BCUT2D eigenvalue weighted by Crippen LogP contribution is -2.48. The van der Waals surface area contributed by atoms with Crippen LogP contribution in [-0.2, 0) is 16.4 Å². The fourth-order valence-corrected chi connectivity index (χ4v) is 5.83. The zero-order chi connectivity index (χ0) is 27.5. The maximum atomic E-state index is 14.0. The van der Waals surface area contributed by atoms with E-state index >= 15 is 0 Å². The van der Waals surface area contributed by atoms with Crippen LogP contribution in [0.1, 0.15) is 41.3 Å². The summed E-state index contributed by atoms with van der Waals surface area (Å²) < 4.78 is 56.6. The Bertz CT molecular complexity index is 1450. The smallest absolute Gasteiger partial charge is 0.264 e. The molecule has 0 saturated carbocycles. The van der Waals surface area contributed by atoms with Gasteiger partial charge in [0.15, 0.2) is 0 Å². The topological polar surface area (TPSA) is 99.1 Å². The molecule has 3 aromatic rings. The summed E-state index contributed by atoms with van der Waals surface area (Å²) in [7, 11) is -3.93.